The first kappa shape index (κ1) is 29.0. The number of ether oxygens (including phenoxy) is 2. The smallest absolute Gasteiger partial charge is 0.244 e. The van der Waals surface area contributed by atoms with Crippen LogP contribution in [0.1, 0.15) is 38.8 Å². The molecule has 9 nitrogen and oxygen atoms in total. The van der Waals surface area contributed by atoms with Crippen molar-refractivity contribution in [2.45, 2.75) is 52.7 Å². The van der Waals surface area contributed by atoms with Gasteiger partial charge in [-0.1, -0.05) is 29.8 Å². The van der Waals surface area contributed by atoms with Gasteiger partial charge in [0.05, 0.1) is 26.2 Å². The van der Waals surface area contributed by atoms with Crippen LogP contribution >= 0.6 is 0 Å². The monoisotopic (exact) mass is 519 g/mol. The molecule has 1 N–H and O–H groups in total. The molecule has 2 aromatic carbocycles. The Morgan fingerprint density at radius 3 is 2.14 bits per heavy atom. The van der Waals surface area contributed by atoms with Gasteiger partial charge in [-0.25, -0.2) is 8.42 Å². The molecule has 0 bridgehead atoms. The van der Waals surface area contributed by atoms with Crippen LogP contribution in [-0.2, 0) is 26.2 Å². The minimum absolute atomic E-state index is 0.134. The Kier molecular flexibility index (Phi) is 9.37. The predicted octanol–water partition coefficient (Wildman–Crippen LogP) is 3.11. The third-order valence-electron chi connectivity index (χ3n) is 5.47. The lowest BCUT2D eigenvalue weighted by molar-refractivity contribution is -0.140. The lowest BCUT2D eigenvalue weighted by atomic mass is 10.1. The quantitative estimate of drug-likeness (QED) is 0.517. The highest BCUT2D eigenvalue weighted by atomic mass is 32.2. The summed E-state index contributed by atoms with van der Waals surface area (Å²) in [5, 5.41) is 2.90. The van der Waals surface area contributed by atoms with E-state index in [4.69, 9.17) is 9.47 Å². The first-order chi connectivity index (χ1) is 16.7. The lowest BCUT2D eigenvalue weighted by Gasteiger charge is -2.33. The van der Waals surface area contributed by atoms with E-state index >= 15 is 0 Å². The number of carbonyl (C=O) groups excluding carboxylic acids is 2. The molecule has 0 aliphatic carbocycles. The van der Waals surface area contributed by atoms with Crippen molar-refractivity contribution in [3.05, 3.63) is 53.6 Å². The molecule has 0 saturated heterocycles. The van der Waals surface area contributed by atoms with E-state index in [1.165, 1.54) is 25.2 Å². The number of methoxy groups -OCH3 is 2. The molecule has 2 aromatic rings. The summed E-state index contributed by atoms with van der Waals surface area (Å²) in [4.78, 5) is 28.0. The van der Waals surface area contributed by atoms with Gasteiger partial charge in [0, 0.05) is 18.2 Å². The van der Waals surface area contributed by atoms with Gasteiger partial charge in [-0.3, -0.25) is 13.9 Å². The molecule has 2 amide bonds. The third-order valence-corrected chi connectivity index (χ3v) is 6.60. The number of hydrogen-bond donors (Lipinski definition) is 1. The number of benzene rings is 2. The molecule has 0 radical (unpaired) electrons. The van der Waals surface area contributed by atoms with E-state index in [9.17, 15) is 18.0 Å². The molecule has 1 atom stereocenters. The number of hydrogen-bond acceptors (Lipinski definition) is 6. The summed E-state index contributed by atoms with van der Waals surface area (Å²) in [7, 11) is -0.996. The van der Waals surface area contributed by atoms with Gasteiger partial charge in [0.15, 0.2) is 0 Å². The zero-order valence-corrected chi connectivity index (χ0v) is 23.1. The molecule has 10 heteroatoms. The van der Waals surface area contributed by atoms with Crippen LogP contribution in [0.4, 0.5) is 5.69 Å². The van der Waals surface area contributed by atoms with Gasteiger partial charge in [0.2, 0.25) is 21.8 Å². The Morgan fingerprint density at radius 2 is 1.64 bits per heavy atom. The Labute approximate surface area is 214 Å². The van der Waals surface area contributed by atoms with Crippen molar-refractivity contribution in [2.75, 3.05) is 31.3 Å². The number of nitrogens with zero attached hydrogens (tertiary/aromatic N) is 2. The zero-order valence-electron chi connectivity index (χ0n) is 22.3. The molecule has 0 aliphatic heterocycles. The molecule has 0 saturated carbocycles. The maximum atomic E-state index is 13.7. The molecule has 0 aliphatic rings. The van der Waals surface area contributed by atoms with E-state index in [1.54, 1.807) is 19.1 Å². The summed E-state index contributed by atoms with van der Waals surface area (Å²) in [5.41, 5.74) is 1.57. The predicted molar refractivity (Wildman–Crippen MR) is 141 cm³/mol. The van der Waals surface area contributed by atoms with Crippen LogP contribution in [-0.4, -0.2) is 63.7 Å². The summed E-state index contributed by atoms with van der Waals surface area (Å²) < 4.78 is 37.1. The standard InChI is InChI=1S/C26H37N3O6S/c1-18-9-11-20(12-10-18)16-28(19(2)25(31)27-26(3,4)5)24(30)17-29(36(8,32)33)22-14-13-21(34-6)15-23(22)35-7/h9-15,19H,16-17H2,1-8H3,(H,27,31)/t19-/m0/s1. The average molecular weight is 520 g/mol. The van der Waals surface area contributed by atoms with Gasteiger partial charge in [0.1, 0.15) is 24.1 Å². The van der Waals surface area contributed by atoms with Gasteiger partial charge in [-0.2, -0.15) is 0 Å². The van der Waals surface area contributed by atoms with Crippen LogP contribution in [0.3, 0.4) is 0 Å². The molecule has 0 unspecified atom stereocenters. The summed E-state index contributed by atoms with van der Waals surface area (Å²) >= 11 is 0. The fourth-order valence-corrected chi connectivity index (χ4v) is 4.39. The number of rotatable bonds is 10. The van der Waals surface area contributed by atoms with Crippen LogP contribution in [0.2, 0.25) is 0 Å². The van der Waals surface area contributed by atoms with Gasteiger partial charge < -0.3 is 19.7 Å². The minimum Gasteiger partial charge on any atom is -0.497 e. The van der Waals surface area contributed by atoms with Crippen molar-refractivity contribution in [2.24, 2.45) is 0 Å². The normalized spacial score (nSPS) is 12.4. The van der Waals surface area contributed by atoms with E-state index < -0.39 is 34.1 Å². The number of nitrogens with one attached hydrogen (secondary N) is 1. The maximum absolute atomic E-state index is 13.7. The van der Waals surface area contributed by atoms with Crippen molar-refractivity contribution in [1.82, 2.24) is 10.2 Å². The average Bonchev–Trinajstić information content (AvgIpc) is 2.79. The number of carbonyl (C=O) groups is 2. The van der Waals surface area contributed by atoms with Crippen LogP contribution in [0.25, 0.3) is 0 Å². The summed E-state index contributed by atoms with van der Waals surface area (Å²) in [5.74, 6) is -0.161. The Morgan fingerprint density at radius 1 is 1.03 bits per heavy atom. The molecule has 0 spiro atoms. The molecule has 198 valence electrons. The zero-order chi connectivity index (χ0) is 27.3. The first-order valence-electron chi connectivity index (χ1n) is 11.5. The Hall–Kier alpha value is -3.27. The summed E-state index contributed by atoms with van der Waals surface area (Å²) in [6.07, 6.45) is 1.02. The topological polar surface area (TPSA) is 105 Å². The Bertz CT molecular complexity index is 1170. The number of anilines is 1. The van der Waals surface area contributed by atoms with Crippen molar-refractivity contribution in [3.8, 4) is 11.5 Å². The molecule has 0 fully saturated rings. The van der Waals surface area contributed by atoms with Gasteiger partial charge in [0.25, 0.3) is 0 Å². The van der Waals surface area contributed by atoms with Crippen molar-refractivity contribution in [3.63, 3.8) is 0 Å². The van der Waals surface area contributed by atoms with Gasteiger partial charge in [-0.05, 0) is 52.3 Å². The Balaban J connectivity index is 2.47. The first-order valence-corrected chi connectivity index (χ1v) is 13.4. The van der Waals surface area contributed by atoms with Crippen LogP contribution in [0.5, 0.6) is 11.5 Å². The SMILES string of the molecule is COc1ccc(N(CC(=O)N(Cc2ccc(C)cc2)[C@@H](C)C(=O)NC(C)(C)C)S(C)(=O)=O)c(OC)c1. The third kappa shape index (κ3) is 7.87. The highest BCUT2D eigenvalue weighted by Gasteiger charge is 2.32. The molecule has 2 rings (SSSR count). The van der Waals surface area contributed by atoms with Crippen LogP contribution in [0.15, 0.2) is 42.5 Å². The largest absolute Gasteiger partial charge is 0.497 e. The molecule has 36 heavy (non-hydrogen) atoms. The van der Waals surface area contributed by atoms with Crippen LogP contribution < -0.4 is 19.1 Å². The second-order valence-corrected chi connectivity index (χ2v) is 11.6. The minimum atomic E-state index is -3.89. The van der Waals surface area contributed by atoms with Crippen molar-refractivity contribution in [1.29, 1.82) is 0 Å². The van der Waals surface area contributed by atoms with Crippen molar-refractivity contribution >= 4 is 27.5 Å². The summed E-state index contributed by atoms with van der Waals surface area (Å²) in [6, 6.07) is 11.4. The second kappa shape index (κ2) is 11.6. The fraction of sp³-hybridized carbons (Fsp3) is 0.462. The highest BCUT2D eigenvalue weighted by Crippen LogP contribution is 2.33. The second-order valence-electron chi connectivity index (χ2n) is 9.73. The lowest BCUT2D eigenvalue weighted by Crippen LogP contribution is -2.54. The van der Waals surface area contributed by atoms with Gasteiger partial charge >= 0.3 is 0 Å². The van der Waals surface area contributed by atoms with E-state index in [0.29, 0.717) is 5.75 Å². The van der Waals surface area contributed by atoms with E-state index in [2.05, 4.69) is 5.32 Å². The van der Waals surface area contributed by atoms with E-state index in [0.717, 1.165) is 21.7 Å². The summed E-state index contributed by atoms with van der Waals surface area (Å²) in [6.45, 7) is 8.77. The van der Waals surface area contributed by atoms with Crippen molar-refractivity contribution < 1.29 is 27.5 Å². The molecular formula is C26H37N3O6S. The number of sulfonamides is 1. The number of aryl methyl sites for hydroxylation is 1. The molecule has 0 aromatic heterocycles. The van der Waals surface area contributed by atoms with Crippen LogP contribution in [0, 0.1) is 6.92 Å². The fourth-order valence-electron chi connectivity index (χ4n) is 3.53. The van der Waals surface area contributed by atoms with E-state index in [1.807, 2.05) is 52.0 Å². The van der Waals surface area contributed by atoms with E-state index in [-0.39, 0.29) is 23.9 Å². The maximum Gasteiger partial charge on any atom is 0.244 e. The number of amides is 2. The highest BCUT2D eigenvalue weighted by molar-refractivity contribution is 7.92. The molecular weight excluding hydrogens is 482 g/mol. The molecule has 0 heterocycles. The van der Waals surface area contributed by atoms with Gasteiger partial charge in [-0.15, -0.1) is 0 Å².